The van der Waals surface area contributed by atoms with Crippen molar-refractivity contribution in [1.29, 1.82) is 0 Å². The van der Waals surface area contributed by atoms with E-state index in [4.69, 9.17) is 4.74 Å². The number of ether oxygens (including phenoxy) is 1. The van der Waals surface area contributed by atoms with Gasteiger partial charge < -0.3 is 20.7 Å². The smallest absolute Gasteiger partial charge is 0.337 e. The minimum atomic E-state index is -0.384. The Morgan fingerprint density at radius 1 is 0.862 bits per heavy atom. The topological polar surface area (TPSA) is 105 Å². The number of nitrogens with one attached hydrogen (secondary N) is 3. The summed E-state index contributed by atoms with van der Waals surface area (Å²) in [7, 11) is 1.35. The Morgan fingerprint density at radius 2 is 1.45 bits per heavy atom. The number of anilines is 5. The number of amides is 1. The lowest BCUT2D eigenvalue weighted by Crippen LogP contribution is -2.06. The van der Waals surface area contributed by atoms with Gasteiger partial charge in [-0.2, -0.15) is 4.98 Å². The molecule has 3 aromatic rings. The average Bonchev–Trinajstić information content (AvgIpc) is 2.68. The van der Waals surface area contributed by atoms with Crippen molar-refractivity contribution in [3.8, 4) is 0 Å². The fraction of sp³-hybridized carbons (Fsp3) is 0.143. The third kappa shape index (κ3) is 5.52. The highest BCUT2D eigenvalue weighted by Crippen LogP contribution is 2.21. The van der Waals surface area contributed by atoms with Gasteiger partial charge >= 0.3 is 5.97 Å². The van der Waals surface area contributed by atoms with Crippen LogP contribution in [0.3, 0.4) is 0 Å². The van der Waals surface area contributed by atoms with Gasteiger partial charge in [-0.15, -0.1) is 0 Å². The number of hydrogen-bond acceptors (Lipinski definition) is 7. The van der Waals surface area contributed by atoms with Gasteiger partial charge in [-0.05, 0) is 55.5 Å². The quantitative estimate of drug-likeness (QED) is 0.545. The van der Waals surface area contributed by atoms with Gasteiger partial charge in [0.25, 0.3) is 0 Å². The molecule has 0 radical (unpaired) electrons. The van der Waals surface area contributed by atoms with Crippen LogP contribution in [0, 0.1) is 6.92 Å². The summed E-state index contributed by atoms with van der Waals surface area (Å²) >= 11 is 0. The summed E-state index contributed by atoms with van der Waals surface area (Å²) in [5, 5.41) is 9.06. The molecule has 0 bridgehead atoms. The molecule has 0 saturated heterocycles. The molecular formula is C21H21N5O3. The lowest BCUT2D eigenvalue weighted by molar-refractivity contribution is -0.114. The predicted octanol–water partition coefficient (Wildman–Crippen LogP) is 4.02. The Labute approximate surface area is 168 Å². The van der Waals surface area contributed by atoms with E-state index in [9.17, 15) is 9.59 Å². The molecule has 3 rings (SSSR count). The van der Waals surface area contributed by atoms with Crippen molar-refractivity contribution in [2.24, 2.45) is 0 Å². The molecule has 1 amide bonds. The summed E-state index contributed by atoms with van der Waals surface area (Å²) in [6.45, 7) is 3.34. The molecule has 0 saturated carbocycles. The Kier molecular flexibility index (Phi) is 6.03. The molecule has 0 aliphatic rings. The summed E-state index contributed by atoms with van der Waals surface area (Å²) in [5.41, 5.74) is 3.54. The number of methoxy groups -OCH3 is 1. The highest BCUT2D eigenvalue weighted by Gasteiger charge is 2.07. The summed E-state index contributed by atoms with van der Waals surface area (Å²) in [6, 6.07) is 16.0. The van der Waals surface area contributed by atoms with Gasteiger partial charge in [-0.1, -0.05) is 0 Å². The summed E-state index contributed by atoms with van der Waals surface area (Å²) in [4.78, 5) is 31.5. The summed E-state index contributed by atoms with van der Waals surface area (Å²) in [6.07, 6.45) is 0. The van der Waals surface area contributed by atoms with Crippen molar-refractivity contribution in [3.63, 3.8) is 0 Å². The van der Waals surface area contributed by atoms with Gasteiger partial charge in [0.15, 0.2) is 0 Å². The first-order chi connectivity index (χ1) is 13.9. The number of carbonyl (C=O) groups is 2. The van der Waals surface area contributed by atoms with Crippen LogP contribution in [0.4, 0.5) is 28.8 Å². The standard InChI is InChI=1S/C21H21N5O3/c1-13-12-19(24-17-6-4-15(5-7-17)20(28)29-3)26-21(22-13)25-18-10-8-16(9-11-18)23-14(2)27/h4-12H,1-3H3,(H,23,27)(H2,22,24,25,26). The third-order valence-corrected chi connectivity index (χ3v) is 3.89. The number of aryl methyl sites for hydroxylation is 1. The molecule has 0 spiro atoms. The molecule has 8 nitrogen and oxygen atoms in total. The fourth-order valence-corrected chi connectivity index (χ4v) is 2.61. The molecule has 29 heavy (non-hydrogen) atoms. The van der Waals surface area contributed by atoms with Gasteiger partial charge in [0.05, 0.1) is 12.7 Å². The van der Waals surface area contributed by atoms with Gasteiger partial charge in [0.1, 0.15) is 5.82 Å². The van der Waals surface area contributed by atoms with E-state index >= 15 is 0 Å². The van der Waals surface area contributed by atoms with Crippen LogP contribution in [-0.4, -0.2) is 29.0 Å². The van der Waals surface area contributed by atoms with Crippen molar-refractivity contribution < 1.29 is 14.3 Å². The van der Waals surface area contributed by atoms with E-state index in [-0.39, 0.29) is 11.9 Å². The van der Waals surface area contributed by atoms with Crippen LogP contribution in [0.25, 0.3) is 0 Å². The minimum Gasteiger partial charge on any atom is -0.465 e. The van der Waals surface area contributed by atoms with Crippen molar-refractivity contribution in [2.75, 3.05) is 23.1 Å². The molecule has 0 aliphatic carbocycles. The Balaban J connectivity index is 1.72. The Bertz CT molecular complexity index is 1020. The molecule has 2 aromatic carbocycles. The number of aromatic nitrogens is 2. The lowest BCUT2D eigenvalue weighted by atomic mass is 10.2. The zero-order valence-electron chi connectivity index (χ0n) is 16.3. The zero-order chi connectivity index (χ0) is 20.8. The largest absolute Gasteiger partial charge is 0.465 e. The number of esters is 1. The second-order valence-electron chi connectivity index (χ2n) is 6.30. The lowest BCUT2D eigenvalue weighted by Gasteiger charge is -2.11. The molecule has 0 atom stereocenters. The van der Waals surface area contributed by atoms with E-state index < -0.39 is 0 Å². The van der Waals surface area contributed by atoms with Crippen molar-refractivity contribution in [1.82, 2.24) is 9.97 Å². The predicted molar refractivity (Wildman–Crippen MR) is 112 cm³/mol. The molecule has 3 N–H and O–H groups in total. The Hall–Kier alpha value is -3.94. The zero-order valence-corrected chi connectivity index (χ0v) is 16.3. The van der Waals surface area contributed by atoms with Gasteiger partial charge in [-0.25, -0.2) is 9.78 Å². The van der Waals surface area contributed by atoms with Crippen LogP contribution in [0.5, 0.6) is 0 Å². The number of rotatable bonds is 6. The maximum absolute atomic E-state index is 11.5. The van der Waals surface area contributed by atoms with Gasteiger partial charge in [-0.3, -0.25) is 4.79 Å². The van der Waals surface area contributed by atoms with E-state index in [0.29, 0.717) is 23.0 Å². The van der Waals surface area contributed by atoms with Crippen LogP contribution < -0.4 is 16.0 Å². The van der Waals surface area contributed by atoms with Crippen LogP contribution in [0.2, 0.25) is 0 Å². The number of carbonyl (C=O) groups excluding carboxylic acids is 2. The number of benzene rings is 2. The molecule has 1 heterocycles. The van der Waals surface area contributed by atoms with Crippen molar-refractivity contribution in [3.05, 3.63) is 65.9 Å². The molecule has 8 heteroatoms. The first-order valence-electron chi connectivity index (χ1n) is 8.89. The van der Waals surface area contributed by atoms with Crippen LogP contribution in [-0.2, 0) is 9.53 Å². The highest BCUT2D eigenvalue weighted by atomic mass is 16.5. The average molecular weight is 391 g/mol. The van der Waals surface area contributed by atoms with Gasteiger partial charge in [0.2, 0.25) is 11.9 Å². The second kappa shape index (κ2) is 8.83. The minimum absolute atomic E-state index is 0.122. The first kappa shape index (κ1) is 19.8. The maximum atomic E-state index is 11.5. The SMILES string of the molecule is COC(=O)c1ccc(Nc2cc(C)nc(Nc3ccc(NC(C)=O)cc3)n2)cc1. The van der Waals surface area contributed by atoms with Crippen LogP contribution >= 0.6 is 0 Å². The van der Waals surface area contributed by atoms with E-state index in [1.807, 2.05) is 25.1 Å². The summed E-state index contributed by atoms with van der Waals surface area (Å²) < 4.78 is 4.70. The summed E-state index contributed by atoms with van der Waals surface area (Å²) in [5.74, 6) is 0.542. The van der Waals surface area contributed by atoms with E-state index in [2.05, 4.69) is 25.9 Å². The molecule has 0 aliphatic heterocycles. The molecular weight excluding hydrogens is 370 g/mol. The van der Waals surface area contributed by atoms with Crippen LogP contribution in [0.1, 0.15) is 23.0 Å². The van der Waals surface area contributed by atoms with E-state index in [1.165, 1.54) is 14.0 Å². The van der Waals surface area contributed by atoms with E-state index in [0.717, 1.165) is 17.1 Å². The Morgan fingerprint density at radius 3 is 2.07 bits per heavy atom. The number of hydrogen-bond donors (Lipinski definition) is 3. The first-order valence-corrected chi connectivity index (χ1v) is 8.89. The normalized spacial score (nSPS) is 10.2. The molecule has 0 fully saturated rings. The monoisotopic (exact) mass is 391 g/mol. The highest BCUT2D eigenvalue weighted by molar-refractivity contribution is 5.90. The van der Waals surface area contributed by atoms with Crippen LogP contribution in [0.15, 0.2) is 54.6 Å². The fourth-order valence-electron chi connectivity index (χ4n) is 2.61. The third-order valence-electron chi connectivity index (χ3n) is 3.89. The second-order valence-corrected chi connectivity index (χ2v) is 6.30. The molecule has 0 unspecified atom stereocenters. The molecule has 1 aromatic heterocycles. The maximum Gasteiger partial charge on any atom is 0.337 e. The van der Waals surface area contributed by atoms with Crippen molar-refractivity contribution >= 4 is 40.7 Å². The van der Waals surface area contributed by atoms with Crippen molar-refractivity contribution in [2.45, 2.75) is 13.8 Å². The molecule has 148 valence electrons. The van der Waals surface area contributed by atoms with Gasteiger partial charge in [0, 0.05) is 35.7 Å². The number of nitrogens with zero attached hydrogens (tertiary/aromatic N) is 2. The van der Waals surface area contributed by atoms with E-state index in [1.54, 1.807) is 36.4 Å².